The zero-order valence-corrected chi connectivity index (χ0v) is 14.2. The minimum absolute atomic E-state index is 0.0846. The zero-order valence-electron chi connectivity index (χ0n) is 14.2. The lowest BCUT2D eigenvalue weighted by molar-refractivity contribution is -0.241. The van der Waals surface area contributed by atoms with E-state index in [9.17, 15) is 14.4 Å². The van der Waals surface area contributed by atoms with E-state index in [4.69, 9.17) is 14.2 Å². The summed E-state index contributed by atoms with van der Waals surface area (Å²) in [5.41, 5.74) is 1.42. The van der Waals surface area contributed by atoms with Crippen molar-refractivity contribution in [3.63, 3.8) is 0 Å². The summed E-state index contributed by atoms with van der Waals surface area (Å²) in [5.74, 6) is -3.19. The Morgan fingerprint density at radius 3 is 2.46 bits per heavy atom. The van der Waals surface area contributed by atoms with Crippen molar-refractivity contribution >= 4 is 17.5 Å². The molecule has 4 rings (SSSR count). The van der Waals surface area contributed by atoms with E-state index in [0.717, 1.165) is 18.4 Å². The first-order valence-corrected chi connectivity index (χ1v) is 8.16. The summed E-state index contributed by atoms with van der Waals surface area (Å²) >= 11 is 0. The molecule has 1 fully saturated rings. The van der Waals surface area contributed by atoms with Crippen LogP contribution in [0.5, 0.6) is 0 Å². The van der Waals surface area contributed by atoms with Gasteiger partial charge >= 0.3 is 5.97 Å². The molecule has 6 nitrogen and oxygen atoms in total. The summed E-state index contributed by atoms with van der Waals surface area (Å²) in [6, 6.07) is 0. The molecule has 6 heteroatoms. The first-order chi connectivity index (χ1) is 11.5. The topological polar surface area (TPSA) is 78.9 Å². The van der Waals surface area contributed by atoms with E-state index in [1.165, 1.54) is 21.3 Å². The highest BCUT2D eigenvalue weighted by molar-refractivity contribution is 6.00. The van der Waals surface area contributed by atoms with Crippen molar-refractivity contribution in [2.75, 3.05) is 21.3 Å². The van der Waals surface area contributed by atoms with E-state index in [0.29, 0.717) is 18.4 Å². The van der Waals surface area contributed by atoms with Crippen LogP contribution in [0.15, 0.2) is 23.3 Å². The molecular weight excluding hydrogens is 312 g/mol. The maximum absolute atomic E-state index is 13.0. The van der Waals surface area contributed by atoms with Crippen molar-refractivity contribution in [1.29, 1.82) is 0 Å². The fourth-order valence-electron chi connectivity index (χ4n) is 4.37. The number of carbonyl (C=O) groups is 3. The third kappa shape index (κ3) is 2.36. The number of methoxy groups -OCH3 is 3. The number of fused-ring (bicyclic) bond motifs is 2. The summed E-state index contributed by atoms with van der Waals surface area (Å²) in [7, 11) is 4.14. The molecule has 1 saturated carbocycles. The Kier molecular flexibility index (Phi) is 4.44. The minimum Gasteiger partial charge on any atom is -0.466 e. The Hall–Kier alpha value is -1.79. The van der Waals surface area contributed by atoms with Crippen LogP contribution in [0, 0.1) is 17.8 Å². The number of carbonyl (C=O) groups excluding carboxylic acids is 3. The van der Waals surface area contributed by atoms with Crippen molar-refractivity contribution < 1.29 is 28.6 Å². The van der Waals surface area contributed by atoms with Crippen LogP contribution < -0.4 is 0 Å². The van der Waals surface area contributed by atoms with Crippen molar-refractivity contribution in [1.82, 2.24) is 0 Å². The van der Waals surface area contributed by atoms with Gasteiger partial charge in [0.25, 0.3) is 0 Å². The predicted octanol–water partition coefficient (Wildman–Crippen LogP) is 1.59. The normalized spacial score (nSPS) is 31.5. The van der Waals surface area contributed by atoms with Crippen LogP contribution in [0.4, 0.5) is 0 Å². The van der Waals surface area contributed by atoms with Gasteiger partial charge in [-0.05, 0) is 31.3 Å². The molecule has 0 N–H and O–H groups in total. The second kappa shape index (κ2) is 6.26. The molecule has 2 bridgehead atoms. The maximum Gasteiger partial charge on any atom is 0.333 e. The molecule has 0 radical (unpaired) electrons. The number of Topliss-reactive ketones (excluding diaryl/α,β-unsaturated/α-hetero) is 1. The van der Waals surface area contributed by atoms with Gasteiger partial charge in [-0.3, -0.25) is 9.59 Å². The summed E-state index contributed by atoms with van der Waals surface area (Å²) in [4.78, 5) is 36.9. The van der Waals surface area contributed by atoms with E-state index in [-0.39, 0.29) is 17.5 Å². The zero-order chi connectivity index (χ0) is 17.5. The van der Waals surface area contributed by atoms with E-state index in [1.54, 1.807) is 12.2 Å². The fourth-order valence-corrected chi connectivity index (χ4v) is 4.37. The van der Waals surface area contributed by atoms with E-state index in [2.05, 4.69) is 0 Å². The predicted molar refractivity (Wildman–Crippen MR) is 83.9 cm³/mol. The average molecular weight is 334 g/mol. The highest BCUT2D eigenvalue weighted by Gasteiger charge is 2.61. The van der Waals surface area contributed by atoms with Gasteiger partial charge in [0, 0.05) is 32.1 Å². The molecule has 0 amide bonds. The highest BCUT2D eigenvalue weighted by Crippen LogP contribution is 2.52. The van der Waals surface area contributed by atoms with Crippen LogP contribution in [-0.2, 0) is 28.6 Å². The first kappa shape index (κ1) is 17.0. The second-order valence-corrected chi connectivity index (χ2v) is 6.51. The Balaban J connectivity index is 2.04. The molecule has 24 heavy (non-hydrogen) atoms. The van der Waals surface area contributed by atoms with E-state index in [1.807, 2.05) is 0 Å². The van der Waals surface area contributed by atoms with Crippen LogP contribution in [0.2, 0.25) is 0 Å². The molecule has 0 aromatic carbocycles. The molecule has 4 aliphatic rings. The summed E-state index contributed by atoms with van der Waals surface area (Å²) in [6.45, 7) is 0. The van der Waals surface area contributed by atoms with Crippen LogP contribution in [-0.4, -0.2) is 44.7 Å². The molecule has 0 unspecified atom stereocenters. The molecule has 0 saturated heterocycles. The van der Waals surface area contributed by atoms with Crippen molar-refractivity contribution in [2.45, 2.75) is 31.5 Å². The number of esters is 1. The van der Waals surface area contributed by atoms with Crippen LogP contribution in [0.1, 0.15) is 25.7 Å². The molecule has 0 aromatic heterocycles. The van der Waals surface area contributed by atoms with Gasteiger partial charge in [0.2, 0.25) is 5.79 Å². The van der Waals surface area contributed by atoms with Gasteiger partial charge in [0.05, 0.1) is 13.0 Å². The van der Waals surface area contributed by atoms with E-state index >= 15 is 0 Å². The van der Waals surface area contributed by atoms with Gasteiger partial charge in [-0.15, -0.1) is 0 Å². The van der Waals surface area contributed by atoms with Gasteiger partial charge in [-0.2, -0.15) is 0 Å². The monoisotopic (exact) mass is 334 g/mol. The number of ether oxygens (including phenoxy) is 3. The Labute approximate surface area is 140 Å². The lowest BCUT2D eigenvalue weighted by Gasteiger charge is -2.50. The number of allylic oxidation sites excluding steroid dienone is 3. The quantitative estimate of drug-likeness (QED) is 0.574. The average Bonchev–Trinajstić information content (AvgIpc) is 2.61. The summed E-state index contributed by atoms with van der Waals surface area (Å²) < 4.78 is 15.8. The second-order valence-electron chi connectivity index (χ2n) is 6.51. The summed E-state index contributed by atoms with van der Waals surface area (Å²) in [5, 5.41) is 0. The molecule has 130 valence electrons. The van der Waals surface area contributed by atoms with Gasteiger partial charge in [-0.1, -0.05) is 11.6 Å². The lowest BCUT2D eigenvalue weighted by Crippen LogP contribution is -2.61. The minimum atomic E-state index is -1.46. The molecule has 3 atom stereocenters. The van der Waals surface area contributed by atoms with Crippen LogP contribution >= 0.6 is 0 Å². The van der Waals surface area contributed by atoms with Crippen molar-refractivity contribution in [3.8, 4) is 0 Å². The molecular formula is C18H22O6. The number of hydrogen-bond donors (Lipinski definition) is 0. The first-order valence-electron chi connectivity index (χ1n) is 8.16. The highest BCUT2D eigenvalue weighted by atomic mass is 16.7. The standard InChI is InChI=1S/C18H22O6/c1-22-17(21)14-8-13-12(10-5-4-6-11(19)7-10)9-15(14)18(23-2,24-3)16(13)20/h7-8,12-13,15H,4-6,9H2,1-3H3/t12-,13+,15+/m1/s1. The van der Waals surface area contributed by atoms with Gasteiger partial charge in [-0.25, -0.2) is 4.79 Å². The number of hydrogen-bond acceptors (Lipinski definition) is 6. The molecule has 0 aromatic rings. The molecule has 4 aliphatic carbocycles. The Morgan fingerprint density at radius 1 is 1.17 bits per heavy atom. The third-order valence-corrected chi connectivity index (χ3v) is 5.50. The largest absolute Gasteiger partial charge is 0.466 e. The molecule has 0 aliphatic heterocycles. The maximum atomic E-state index is 13.0. The Bertz CT molecular complexity index is 640. The smallest absolute Gasteiger partial charge is 0.333 e. The molecule has 0 heterocycles. The Morgan fingerprint density at radius 2 is 1.88 bits per heavy atom. The van der Waals surface area contributed by atoms with Crippen molar-refractivity contribution in [2.24, 2.45) is 17.8 Å². The van der Waals surface area contributed by atoms with Gasteiger partial charge < -0.3 is 14.2 Å². The fraction of sp³-hybridized carbons (Fsp3) is 0.611. The van der Waals surface area contributed by atoms with Crippen LogP contribution in [0.25, 0.3) is 0 Å². The SMILES string of the molecule is COC(=O)C1=C[C@@H]2C(=O)C(OC)(OC)[C@H]1C[C@@H]2C1=CC(=O)CCC1. The van der Waals surface area contributed by atoms with Crippen molar-refractivity contribution in [3.05, 3.63) is 23.3 Å². The number of rotatable bonds is 4. The molecule has 0 spiro atoms. The number of ketones is 2. The summed E-state index contributed by atoms with van der Waals surface area (Å²) in [6.07, 6.45) is 6.05. The van der Waals surface area contributed by atoms with E-state index < -0.39 is 23.6 Å². The third-order valence-electron chi connectivity index (χ3n) is 5.50. The van der Waals surface area contributed by atoms with Crippen LogP contribution in [0.3, 0.4) is 0 Å². The van der Waals surface area contributed by atoms with Gasteiger partial charge in [0.15, 0.2) is 11.6 Å². The lowest BCUT2D eigenvalue weighted by atomic mass is 9.59. The van der Waals surface area contributed by atoms with Gasteiger partial charge in [0.1, 0.15) is 0 Å².